The summed E-state index contributed by atoms with van der Waals surface area (Å²) in [5, 5.41) is 15.6. The number of hydrazone groups is 1. The van der Waals surface area contributed by atoms with Gasteiger partial charge in [-0.1, -0.05) is 19.1 Å². The van der Waals surface area contributed by atoms with E-state index in [0.29, 0.717) is 5.17 Å². The molecular formula is C21H21N5O2S. The van der Waals surface area contributed by atoms with Crippen LogP contribution < -0.4 is 4.74 Å². The van der Waals surface area contributed by atoms with Crippen molar-refractivity contribution < 1.29 is 9.53 Å². The Morgan fingerprint density at radius 3 is 2.76 bits per heavy atom. The van der Waals surface area contributed by atoms with E-state index in [9.17, 15) is 4.79 Å². The molecular weight excluding hydrogens is 386 g/mol. The molecule has 1 aromatic heterocycles. The first-order chi connectivity index (χ1) is 13.9. The summed E-state index contributed by atoms with van der Waals surface area (Å²) in [4.78, 5) is 16.7. The molecule has 7 nitrogen and oxygen atoms in total. The molecule has 2 aromatic rings. The third-order valence-electron chi connectivity index (χ3n) is 4.89. The van der Waals surface area contributed by atoms with Crippen molar-refractivity contribution in [1.82, 2.24) is 9.58 Å². The fourth-order valence-electron chi connectivity index (χ4n) is 3.45. The van der Waals surface area contributed by atoms with Crippen LogP contribution in [0.1, 0.15) is 30.3 Å². The molecule has 1 aromatic carbocycles. The number of rotatable bonds is 4. The third kappa shape index (κ3) is 3.19. The zero-order chi connectivity index (χ0) is 20.7. The number of amidine groups is 2. The Kier molecular flexibility index (Phi) is 4.87. The number of hydrogen-bond acceptors (Lipinski definition) is 5. The van der Waals surface area contributed by atoms with E-state index in [1.807, 2.05) is 51.1 Å². The lowest BCUT2D eigenvalue weighted by Gasteiger charge is -2.20. The van der Waals surface area contributed by atoms with Crippen LogP contribution in [0.4, 0.5) is 0 Å². The number of aliphatic imine (C=N–C) groups is 1. The van der Waals surface area contributed by atoms with Crippen LogP contribution in [0.2, 0.25) is 0 Å². The first-order valence-electron chi connectivity index (χ1n) is 9.26. The smallest absolute Gasteiger partial charge is 0.283 e. The molecule has 0 radical (unpaired) electrons. The molecule has 0 spiro atoms. The Morgan fingerprint density at radius 2 is 2.03 bits per heavy atom. The van der Waals surface area contributed by atoms with Gasteiger partial charge in [-0.15, -0.1) is 0 Å². The van der Waals surface area contributed by atoms with Crippen molar-refractivity contribution in [3.8, 4) is 11.4 Å². The van der Waals surface area contributed by atoms with Gasteiger partial charge in [0.1, 0.15) is 10.8 Å². The van der Waals surface area contributed by atoms with Crippen LogP contribution in [0.3, 0.4) is 0 Å². The van der Waals surface area contributed by atoms with Crippen LogP contribution in [0.5, 0.6) is 5.75 Å². The highest BCUT2D eigenvalue weighted by molar-refractivity contribution is 8.26. The highest BCUT2D eigenvalue weighted by Crippen LogP contribution is 2.32. The summed E-state index contributed by atoms with van der Waals surface area (Å²) < 4.78 is 7.58. The van der Waals surface area contributed by atoms with Gasteiger partial charge < -0.3 is 9.30 Å². The summed E-state index contributed by atoms with van der Waals surface area (Å²) in [6.07, 6.45) is 2.46. The van der Waals surface area contributed by atoms with Crippen LogP contribution >= 0.6 is 11.8 Å². The van der Waals surface area contributed by atoms with E-state index in [0.717, 1.165) is 39.9 Å². The monoisotopic (exact) mass is 407 g/mol. The van der Waals surface area contributed by atoms with E-state index < -0.39 is 5.91 Å². The maximum absolute atomic E-state index is 12.6. The summed E-state index contributed by atoms with van der Waals surface area (Å²) in [5.74, 6) is 0.404. The Labute approximate surface area is 173 Å². The molecule has 148 valence electrons. The van der Waals surface area contributed by atoms with Gasteiger partial charge in [-0.2, -0.15) is 15.1 Å². The van der Waals surface area contributed by atoms with Crippen molar-refractivity contribution in [1.29, 1.82) is 5.41 Å². The van der Waals surface area contributed by atoms with Gasteiger partial charge in [0.2, 0.25) is 5.17 Å². The lowest BCUT2D eigenvalue weighted by molar-refractivity contribution is -0.114. The van der Waals surface area contributed by atoms with Crippen molar-refractivity contribution >= 4 is 39.8 Å². The van der Waals surface area contributed by atoms with Crippen molar-refractivity contribution in [3.63, 3.8) is 0 Å². The van der Waals surface area contributed by atoms with E-state index in [2.05, 4.69) is 14.7 Å². The number of carbonyl (C=O) groups is 1. The number of benzene rings is 1. The normalized spacial score (nSPS) is 17.5. The van der Waals surface area contributed by atoms with Crippen LogP contribution in [0.15, 0.2) is 46.0 Å². The average molecular weight is 407 g/mol. The van der Waals surface area contributed by atoms with Crippen LogP contribution in [-0.2, 0) is 4.79 Å². The molecule has 29 heavy (non-hydrogen) atoms. The highest BCUT2D eigenvalue weighted by Gasteiger charge is 2.35. The molecule has 0 atom stereocenters. The number of fused-ring (bicyclic) bond motifs is 1. The summed E-state index contributed by atoms with van der Waals surface area (Å²) in [5.41, 5.74) is 3.96. The van der Waals surface area contributed by atoms with Crippen molar-refractivity contribution in [3.05, 3.63) is 52.9 Å². The van der Waals surface area contributed by atoms with Crippen LogP contribution in [0, 0.1) is 19.3 Å². The second kappa shape index (κ2) is 7.36. The number of aromatic nitrogens is 1. The van der Waals surface area contributed by atoms with Crippen molar-refractivity contribution in [2.24, 2.45) is 10.1 Å². The largest absolute Gasteiger partial charge is 0.495 e. The molecule has 4 rings (SSSR count). The summed E-state index contributed by atoms with van der Waals surface area (Å²) >= 11 is 1.34. The Hall–Kier alpha value is -3.13. The van der Waals surface area contributed by atoms with Crippen LogP contribution in [-0.4, -0.2) is 38.6 Å². The maximum atomic E-state index is 12.6. The standard InChI is InChI=1S/C21H21N5O2S/c1-5-18-24-26-19(22)15(20(27)23-21(26)29-18)11-14-10-12(2)25(13(14)3)16-8-6-7-9-17(16)28-4/h6-11,22H,5H2,1-4H3/b15-11-,22-19?. The van der Waals surface area contributed by atoms with Gasteiger partial charge in [-0.05, 0) is 61.9 Å². The van der Waals surface area contributed by atoms with Gasteiger partial charge in [0.15, 0.2) is 5.84 Å². The summed E-state index contributed by atoms with van der Waals surface area (Å²) in [7, 11) is 1.65. The molecule has 3 heterocycles. The lowest BCUT2D eigenvalue weighted by Crippen LogP contribution is -2.35. The molecule has 0 saturated heterocycles. The van der Waals surface area contributed by atoms with E-state index in [4.69, 9.17) is 10.1 Å². The number of ether oxygens (including phenoxy) is 1. The van der Waals surface area contributed by atoms with Gasteiger partial charge >= 0.3 is 0 Å². The zero-order valence-corrected chi connectivity index (χ0v) is 17.5. The van der Waals surface area contributed by atoms with Gasteiger partial charge in [-0.3, -0.25) is 10.2 Å². The molecule has 2 aliphatic heterocycles. The fourth-order valence-corrected chi connectivity index (χ4v) is 4.27. The number of methoxy groups -OCH3 is 1. The lowest BCUT2D eigenvalue weighted by atomic mass is 10.1. The minimum absolute atomic E-state index is 0.0537. The van der Waals surface area contributed by atoms with Crippen molar-refractivity contribution in [2.45, 2.75) is 27.2 Å². The SMILES string of the molecule is CCC1=NN2C(=N)/C(=C/c3cc(C)n(-c4ccccc4OC)c3C)C(=O)N=C2S1. The number of nitrogens with zero attached hydrogens (tertiary/aromatic N) is 4. The second-order valence-corrected chi connectivity index (χ2v) is 7.74. The number of thioether (sulfide) groups is 1. The number of carbonyl (C=O) groups excluding carboxylic acids is 1. The molecule has 8 heteroatoms. The van der Waals surface area contributed by atoms with Crippen LogP contribution in [0.25, 0.3) is 11.8 Å². The van der Waals surface area contributed by atoms with Gasteiger partial charge in [0, 0.05) is 11.4 Å². The topological polar surface area (TPSA) is 83.0 Å². The number of aryl methyl sites for hydroxylation is 1. The minimum Gasteiger partial charge on any atom is -0.495 e. The van der Waals surface area contributed by atoms with E-state index in [-0.39, 0.29) is 11.4 Å². The molecule has 0 saturated carbocycles. The minimum atomic E-state index is -0.414. The molecule has 1 N–H and O–H groups in total. The zero-order valence-electron chi connectivity index (χ0n) is 16.7. The van der Waals surface area contributed by atoms with Gasteiger partial charge in [0.25, 0.3) is 5.91 Å². The molecule has 0 bridgehead atoms. The Balaban J connectivity index is 1.78. The quantitative estimate of drug-likeness (QED) is 0.773. The molecule has 0 unspecified atom stereocenters. The van der Waals surface area contributed by atoms with Gasteiger partial charge in [-0.25, -0.2) is 0 Å². The number of hydrogen-bond donors (Lipinski definition) is 1. The third-order valence-corrected chi connectivity index (χ3v) is 5.95. The first-order valence-corrected chi connectivity index (χ1v) is 10.1. The predicted molar refractivity (Wildman–Crippen MR) is 117 cm³/mol. The second-order valence-electron chi connectivity index (χ2n) is 6.70. The predicted octanol–water partition coefficient (Wildman–Crippen LogP) is 4.13. The van der Waals surface area contributed by atoms with Crippen molar-refractivity contribution in [2.75, 3.05) is 7.11 Å². The summed E-state index contributed by atoms with van der Waals surface area (Å²) in [6, 6.07) is 9.78. The maximum Gasteiger partial charge on any atom is 0.283 e. The van der Waals surface area contributed by atoms with E-state index >= 15 is 0 Å². The Morgan fingerprint density at radius 1 is 1.28 bits per heavy atom. The highest BCUT2D eigenvalue weighted by atomic mass is 32.2. The van der Waals surface area contributed by atoms with E-state index in [1.165, 1.54) is 16.8 Å². The summed E-state index contributed by atoms with van der Waals surface area (Å²) in [6.45, 7) is 5.97. The fraction of sp³-hybridized carbons (Fsp3) is 0.238. The molecule has 0 fully saturated rings. The number of amides is 1. The first kappa shape index (κ1) is 19.2. The molecule has 0 aliphatic carbocycles. The average Bonchev–Trinajstić information content (AvgIpc) is 3.25. The number of para-hydroxylation sites is 2. The van der Waals surface area contributed by atoms with E-state index in [1.54, 1.807) is 13.2 Å². The molecule has 2 aliphatic rings. The molecule has 1 amide bonds. The Bertz CT molecular complexity index is 1130. The van der Waals surface area contributed by atoms with Gasteiger partial charge in [0.05, 0.1) is 18.4 Å². The number of nitrogens with one attached hydrogen (secondary N) is 1.